The van der Waals surface area contributed by atoms with Crippen LogP contribution in [0.2, 0.25) is 0 Å². The zero-order chi connectivity index (χ0) is 14.9. The fourth-order valence-corrected chi connectivity index (χ4v) is 2.69. The van der Waals surface area contributed by atoms with Crippen molar-refractivity contribution in [3.8, 4) is 0 Å². The molecule has 0 bridgehead atoms. The first kappa shape index (κ1) is 15.0. The van der Waals surface area contributed by atoms with Crippen molar-refractivity contribution in [2.24, 2.45) is 5.84 Å². The van der Waals surface area contributed by atoms with Gasteiger partial charge in [-0.3, -0.25) is 15.8 Å². The normalized spacial score (nSPS) is 11.8. The van der Waals surface area contributed by atoms with E-state index in [0.717, 1.165) is 20.9 Å². The maximum atomic E-state index is 12.2. The van der Waals surface area contributed by atoms with Gasteiger partial charge in [0, 0.05) is 22.6 Å². The van der Waals surface area contributed by atoms with Crippen molar-refractivity contribution >= 4 is 32.9 Å². The van der Waals surface area contributed by atoms with E-state index in [1.54, 1.807) is 6.20 Å². The van der Waals surface area contributed by atoms with Crippen molar-refractivity contribution in [3.63, 3.8) is 0 Å². The van der Waals surface area contributed by atoms with Gasteiger partial charge in [-0.05, 0) is 48.3 Å². The molecule has 2 rings (SSSR count). The third-order valence-electron chi connectivity index (χ3n) is 2.75. The van der Waals surface area contributed by atoms with Crippen LogP contribution in [0.1, 0.15) is 26.3 Å². The van der Waals surface area contributed by atoms with Gasteiger partial charge in [0.05, 0.1) is 5.52 Å². The Bertz CT molecular complexity index is 644. The molecule has 1 heterocycles. The zero-order valence-corrected chi connectivity index (χ0v) is 13.3. The summed E-state index contributed by atoms with van der Waals surface area (Å²) in [4.78, 5) is 12.2. The molecule has 0 fully saturated rings. The molecule has 0 saturated heterocycles. The summed E-state index contributed by atoms with van der Waals surface area (Å²) in [6, 6.07) is 5.73. The second kappa shape index (κ2) is 5.55. The van der Waals surface area contributed by atoms with Crippen LogP contribution in [0.15, 0.2) is 28.9 Å². The van der Waals surface area contributed by atoms with E-state index in [1.165, 1.54) is 4.57 Å². The smallest absolute Gasteiger partial charge is 0.419 e. The molecule has 1 aromatic heterocycles. The number of halogens is 1. The van der Waals surface area contributed by atoms with Gasteiger partial charge in [-0.1, -0.05) is 12.1 Å². The van der Waals surface area contributed by atoms with E-state index in [0.29, 0.717) is 6.54 Å². The maximum absolute atomic E-state index is 12.2. The number of fused-ring (bicyclic) bond motifs is 1. The van der Waals surface area contributed by atoms with E-state index in [9.17, 15) is 4.79 Å². The molecular weight excluding hydrogens is 322 g/mol. The SMILES string of the molecule is CC(C)(C)OC(=O)n1cc(Br)c2c(CNN)cccc21. The predicted molar refractivity (Wildman–Crippen MR) is 82.3 cm³/mol. The Morgan fingerprint density at radius 1 is 1.45 bits per heavy atom. The minimum atomic E-state index is -0.531. The lowest BCUT2D eigenvalue weighted by Crippen LogP contribution is -2.26. The molecule has 0 atom stereocenters. The molecule has 0 saturated carbocycles. The van der Waals surface area contributed by atoms with Crippen molar-refractivity contribution in [2.75, 3.05) is 0 Å². The molecule has 0 aliphatic rings. The first-order valence-electron chi connectivity index (χ1n) is 6.29. The Hall–Kier alpha value is -1.37. The number of benzene rings is 1. The summed E-state index contributed by atoms with van der Waals surface area (Å²) < 4.78 is 7.75. The van der Waals surface area contributed by atoms with E-state index in [4.69, 9.17) is 10.6 Å². The number of aromatic nitrogens is 1. The van der Waals surface area contributed by atoms with Gasteiger partial charge in [0.25, 0.3) is 0 Å². The summed E-state index contributed by atoms with van der Waals surface area (Å²) in [5, 5.41) is 0.955. The fraction of sp³-hybridized carbons (Fsp3) is 0.357. The summed E-state index contributed by atoms with van der Waals surface area (Å²) in [6.45, 7) is 6.05. The van der Waals surface area contributed by atoms with Crippen LogP contribution in [0.4, 0.5) is 4.79 Å². The minimum Gasteiger partial charge on any atom is -0.443 e. The molecular formula is C14H18BrN3O2. The van der Waals surface area contributed by atoms with Crippen LogP contribution in [0, 0.1) is 0 Å². The largest absolute Gasteiger partial charge is 0.443 e. The Labute approximate surface area is 126 Å². The number of ether oxygens (including phenoxy) is 1. The summed E-state index contributed by atoms with van der Waals surface area (Å²) in [5.41, 5.74) is 3.91. The van der Waals surface area contributed by atoms with E-state index in [2.05, 4.69) is 21.4 Å². The lowest BCUT2D eigenvalue weighted by molar-refractivity contribution is 0.0544. The summed E-state index contributed by atoms with van der Waals surface area (Å²) in [7, 11) is 0. The second-order valence-corrected chi connectivity index (χ2v) is 6.37. The Balaban J connectivity index is 2.51. The van der Waals surface area contributed by atoms with Crippen LogP contribution in [0.3, 0.4) is 0 Å². The molecule has 2 aromatic rings. The fourth-order valence-electron chi connectivity index (χ4n) is 2.03. The van der Waals surface area contributed by atoms with Crippen LogP contribution in [-0.4, -0.2) is 16.3 Å². The van der Waals surface area contributed by atoms with Gasteiger partial charge in [0.1, 0.15) is 5.60 Å². The van der Waals surface area contributed by atoms with Gasteiger partial charge in [0.15, 0.2) is 0 Å². The molecule has 0 spiro atoms. The highest BCUT2D eigenvalue weighted by molar-refractivity contribution is 9.10. The third-order valence-corrected chi connectivity index (χ3v) is 3.35. The van der Waals surface area contributed by atoms with Crippen LogP contribution < -0.4 is 11.3 Å². The highest BCUT2D eigenvalue weighted by Crippen LogP contribution is 2.30. The molecule has 0 aliphatic carbocycles. The Morgan fingerprint density at radius 2 is 2.15 bits per heavy atom. The lowest BCUT2D eigenvalue weighted by atomic mass is 10.1. The van der Waals surface area contributed by atoms with Crippen LogP contribution in [0.5, 0.6) is 0 Å². The van der Waals surface area contributed by atoms with E-state index in [1.807, 2.05) is 39.0 Å². The van der Waals surface area contributed by atoms with Gasteiger partial charge in [0.2, 0.25) is 0 Å². The van der Waals surface area contributed by atoms with Crippen LogP contribution in [-0.2, 0) is 11.3 Å². The monoisotopic (exact) mass is 339 g/mol. The molecule has 108 valence electrons. The molecule has 0 radical (unpaired) electrons. The molecule has 0 unspecified atom stereocenters. The Morgan fingerprint density at radius 3 is 2.75 bits per heavy atom. The summed E-state index contributed by atoms with van der Waals surface area (Å²) >= 11 is 3.49. The lowest BCUT2D eigenvalue weighted by Gasteiger charge is -2.19. The first-order chi connectivity index (χ1) is 9.33. The molecule has 0 aliphatic heterocycles. The number of carbonyl (C=O) groups excluding carboxylic acids is 1. The third kappa shape index (κ3) is 3.03. The van der Waals surface area contributed by atoms with Gasteiger partial charge in [-0.15, -0.1) is 0 Å². The number of hydrogen-bond donors (Lipinski definition) is 2. The average Bonchev–Trinajstić information content (AvgIpc) is 2.66. The van der Waals surface area contributed by atoms with Crippen molar-refractivity contribution in [3.05, 3.63) is 34.4 Å². The number of hydrazine groups is 1. The van der Waals surface area contributed by atoms with Crippen molar-refractivity contribution in [1.82, 2.24) is 9.99 Å². The summed E-state index contributed by atoms with van der Waals surface area (Å²) in [6.07, 6.45) is 1.32. The standard InChI is InChI=1S/C14H18BrN3O2/c1-14(2,3)20-13(19)18-8-10(15)12-9(7-17-16)5-4-6-11(12)18/h4-6,8,17H,7,16H2,1-3H3. The average molecular weight is 340 g/mol. The van der Waals surface area contributed by atoms with Crippen LogP contribution in [0.25, 0.3) is 10.9 Å². The first-order valence-corrected chi connectivity index (χ1v) is 7.08. The number of hydrogen-bond acceptors (Lipinski definition) is 4. The van der Waals surface area contributed by atoms with Crippen LogP contribution >= 0.6 is 15.9 Å². The van der Waals surface area contributed by atoms with Crippen molar-refractivity contribution in [1.29, 1.82) is 0 Å². The molecule has 20 heavy (non-hydrogen) atoms. The van der Waals surface area contributed by atoms with E-state index < -0.39 is 11.7 Å². The topological polar surface area (TPSA) is 69.3 Å². The highest BCUT2D eigenvalue weighted by atomic mass is 79.9. The molecule has 3 N–H and O–H groups in total. The number of nitrogens with one attached hydrogen (secondary N) is 1. The second-order valence-electron chi connectivity index (χ2n) is 5.52. The molecule has 5 nitrogen and oxygen atoms in total. The zero-order valence-electron chi connectivity index (χ0n) is 11.7. The van der Waals surface area contributed by atoms with Gasteiger partial charge < -0.3 is 4.74 Å². The van der Waals surface area contributed by atoms with Crippen molar-refractivity contribution in [2.45, 2.75) is 32.9 Å². The predicted octanol–water partition coefficient (Wildman–Crippen LogP) is 3.15. The number of rotatable bonds is 2. The molecule has 6 heteroatoms. The number of nitrogens with two attached hydrogens (primary N) is 1. The van der Waals surface area contributed by atoms with E-state index in [-0.39, 0.29) is 0 Å². The minimum absolute atomic E-state index is 0.397. The van der Waals surface area contributed by atoms with Gasteiger partial charge in [-0.25, -0.2) is 4.79 Å². The van der Waals surface area contributed by atoms with Gasteiger partial charge >= 0.3 is 6.09 Å². The molecule has 0 amide bonds. The highest BCUT2D eigenvalue weighted by Gasteiger charge is 2.21. The van der Waals surface area contributed by atoms with Crippen molar-refractivity contribution < 1.29 is 9.53 Å². The van der Waals surface area contributed by atoms with Gasteiger partial charge in [-0.2, -0.15) is 0 Å². The number of nitrogens with zero attached hydrogens (tertiary/aromatic N) is 1. The summed E-state index contributed by atoms with van der Waals surface area (Å²) in [5.74, 6) is 5.39. The maximum Gasteiger partial charge on any atom is 0.419 e. The Kier molecular flexibility index (Phi) is 4.17. The quantitative estimate of drug-likeness (QED) is 0.651. The van der Waals surface area contributed by atoms with E-state index >= 15 is 0 Å². The molecule has 1 aromatic carbocycles. The number of carbonyl (C=O) groups is 1.